The number of aromatic nitrogens is 3. The lowest BCUT2D eigenvalue weighted by Gasteiger charge is -2.31. The highest BCUT2D eigenvalue weighted by Crippen LogP contribution is 2.12. The molecule has 0 aliphatic carbocycles. The van der Waals surface area contributed by atoms with Crippen molar-refractivity contribution in [3.05, 3.63) is 42.2 Å². The van der Waals surface area contributed by atoms with Crippen molar-refractivity contribution in [1.82, 2.24) is 19.9 Å². The van der Waals surface area contributed by atoms with Crippen molar-refractivity contribution in [2.75, 3.05) is 19.7 Å². The van der Waals surface area contributed by atoms with Gasteiger partial charge in [0, 0.05) is 13.1 Å². The molecule has 6 heteroatoms. The summed E-state index contributed by atoms with van der Waals surface area (Å²) in [4.78, 5) is 14.2. The third-order valence-corrected chi connectivity index (χ3v) is 3.61. The van der Waals surface area contributed by atoms with Crippen LogP contribution < -0.4 is 0 Å². The SMILES string of the molecule is CC[C@@H]1CN(C(=O)c2cn(-c3ccccc3)nn2)CCO1. The van der Waals surface area contributed by atoms with Crippen molar-refractivity contribution < 1.29 is 9.53 Å². The van der Waals surface area contributed by atoms with Crippen molar-refractivity contribution in [1.29, 1.82) is 0 Å². The fourth-order valence-corrected chi connectivity index (χ4v) is 2.38. The minimum absolute atomic E-state index is 0.0843. The maximum Gasteiger partial charge on any atom is 0.276 e. The molecule has 21 heavy (non-hydrogen) atoms. The van der Waals surface area contributed by atoms with E-state index in [1.807, 2.05) is 30.3 Å². The Morgan fingerprint density at radius 3 is 2.95 bits per heavy atom. The van der Waals surface area contributed by atoms with Gasteiger partial charge in [0.25, 0.3) is 5.91 Å². The van der Waals surface area contributed by atoms with Crippen molar-refractivity contribution in [3.8, 4) is 5.69 Å². The van der Waals surface area contributed by atoms with Gasteiger partial charge in [0.1, 0.15) is 0 Å². The number of carbonyl (C=O) groups is 1. The van der Waals surface area contributed by atoms with Crippen LogP contribution in [0, 0.1) is 0 Å². The van der Waals surface area contributed by atoms with Gasteiger partial charge in [-0.05, 0) is 18.6 Å². The average molecular weight is 286 g/mol. The minimum atomic E-state index is -0.0843. The van der Waals surface area contributed by atoms with Crippen LogP contribution in [0.25, 0.3) is 5.69 Å². The van der Waals surface area contributed by atoms with Gasteiger partial charge >= 0.3 is 0 Å². The van der Waals surface area contributed by atoms with Crippen LogP contribution >= 0.6 is 0 Å². The summed E-state index contributed by atoms with van der Waals surface area (Å²) in [5.74, 6) is -0.0843. The van der Waals surface area contributed by atoms with Crippen molar-refractivity contribution in [3.63, 3.8) is 0 Å². The summed E-state index contributed by atoms with van der Waals surface area (Å²) < 4.78 is 7.20. The summed E-state index contributed by atoms with van der Waals surface area (Å²) in [6.45, 7) is 3.86. The predicted octanol–water partition coefficient (Wildman–Crippen LogP) is 1.52. The first kappa shape index (κ1) is 13.8. The molecular weight excluding hydrogens is 268 g/mol. The first-order valence-electron chi connectivity index (χ1n) is 7.16. The Morgan fingerprint density at radius 1 is 1.38 bits per heavy atom. The Balaban J connectivity index is 1.75. The standard InChI is InChI=1S/C15H18N4O2/c1-2-13-10-18(8-9-21-13)15(20)14-11-19(17-16-14)12-6-4-3-5-7-12/h3-7,11,13H,2,8-10H2,1H3/t13-/m1/s1. The molecule has 1 fully saturated rings. The second kappa shape index (κ2) is 6.05. The summed E-state index contributed by atoms with van der Waals surface area (Å²) in [6.07, 6.45) is 2.70. The molecule has 0 saturated carbocycles. The molecule has 110 valence electrons. The minimum Gasteiger partial charge on any atom is -0.375 e. The first-order valence-corrected chi connectivity index (χ1v) is 7.16. The maximum absolute atomic E-state index is 12.5. The van der Waals surface area contributed by atoms with E-state index in [9.17, 15) is 4.79 Å². The number of morpholine rings is 1. The van der Waals surface area contributed by atoms with Crippen LogP contribution in [0.1, 0.15) is 23.8 Å². The molecule has 1 saturated heterocycles. The van der Waals surface area contributed by atoms with Crippen molar-refractivity contribution in [2.45, 2.75) is 19.4 Å². The molecule has 0 N–H and O–H groups in total. The smallest absolute Gasteiger partial charge is 0.276 e. The van der Waals surface area contributed by atoms with Gasteiger partial charge in [-0.2, -0.15) is 0 Å². The Morgan fingerprint density at radius 2 is 2.19 bits per heavy atom. The van der Waals surface area contributed by atoms with Crippen LogP contribution in [0.15, 0.2) is 36.5 Å². The van der Waals surface area contributed by atoms with Crippen LogP contribution in [-0.4, -0.2) is 51.6 Å². The molecular formula is C15H18N4O2. The fraction of sp³-hybridized carbons (Fsp3) is 0.400. The molecule has 1 aliphatic rings. The Bertz CT molecular complexity index is 611. The lowest BCUT2D eigenvalue weighted by molar-refractivity contribution is -0.0228. The normalized spacial score (nSPS) is 18.7. The van der Waals surface area contributed by atoms with E-state index in [4.69, 9.17) is 4.74 Å². The molecule has 2 heterocycles. The van der Waals surface area contributed by atoms with Crippen LogP contribution in [0.3, 0.4) is 0 Å². The van der Waals surface area contributed by atoms with E-state index in [2.05, 4.69) is 17.2 Å². The quantitative estimate of drug-likeness (QED) is 0.858. The zero-order valence-corrected chi connectivity index (χ0v) is 12.0. The molecule has 1 aliphatic heterocycles. The topological polar surface area (TPSA) is 60.2 Å². The zero-order chi connectivity index (χ0) is 14.7. The Kier molecular flexibility index (Phi) is 3.96. The molecule has 6 nitrogen and oxygen atoms in total. The van der Waals surface area contributed by atoms with Crippen LogP contribution in [0.5, 0.6) is 0 Å². The van der Waals surface area contributed by atoms with Crippen LogP contribution in [0.4, 0.5) is 0 Å². The monoisotopic (exact) mass is 286 g/mol. The van der Waals surface area contributed by atoms with E-state index in [0.717, 1.165) is 12.1 Å². The largest absolute Gasteiger partial charge is 0.375 e. The van der Waals surface area contributed by atoms with Gasteiger partial charge < -0.3 is 9.64 Å². The summed E-state index contributed by atoms with van der Waals surface area (Å²) in [5, 5.41) is 8.03. The van der Waals surface area contributed by atoms with E-state index in [-0.39, 0.29) is 12.0 Å². The first-order chi connectivity index (χ1) is 10.3. The van der Waals surface area contributed by atoms with E-state index < -0.39 is 0 Å². The number of nitrogens with zero attached hydrogens (tertiary/aromatic N) is 4. The molecule has 1 atom stereocenters. The summed E-state index contributed by atoms with van der Waals surface area (Å²) in [7, 11) is 0. The van der Waals surface area contributed by atoms with Crippen molar-refractivity contribution >= 4 is 5.91 Å². The second-order valence-electron chi connectivity index (χ2n) is 5.04. The lowest BCUT2D eigenvalue weighted by Crippen LogP contribution is -2.45. The number of carbonyl (C=O) groups excluding carboxylic acids is 1. The lowest BCUT2D eigenvalue weighted by atomic mass is 10.2. The zero-order valence-electron chi connectivity index (χ0n) is 12.0. The van der Waals surface area contributed by atoms with Gasteiger partial charge in [0.2, 0.25) is 0 Å². The number of amides is 1. The predicted molar refractivity (Wildman–Crippen MR) is 77.3 cm³/mol. The summed E-state index contributed by atoms with van der Waals surface area (Å²) in [6, 6.07) is 9.62. The average Bonchev–Trinajstić information content (AvgIpc) is 3.05. The molecule has 0 spiro atoms. The van der Waals surface area contributed by atoms with E-state index in [1.165, 1.54) is 0 Å². The van der Waals surface area contributed by atoms with Gasteiger partial charge in [0.05, 0.1) is 24.6 Å². The third kappa shape index (κ3) is 2.95. The molecule has 0 unspecified atom stereocenters. The molecule has 1 amide bonds. The molecule has 1 aromatic carbocycles. The van der Waals surface area contributed by atoms with Crippen LogP contribution in [-0.2, 0) is 4.74 Å². The third-order valence-electron chi connectivity index (χ3n) is 3.61. The number of hydrogen-bond donors (Lipinski definition) is 0. The fourth-order valence-electron chi connectivity index (χ4n) is 2.38. The van der Waals surface area contributed by atoms with Crippen LogP contribution in [0.2, 0.25) is 0 Å². The number of rotatable bonds is 3. The maximum atomic E-state index is 12.5. The molecule has 0 radical (unpaired) electrons. The van der Waals surface area contributed by atoms with E-state index in [1.54, 1.807) is 15.8 Å². The highest BCUT2D eigenvalue weighted by molar-refractivity contribution is 5.92. The molecule has 3 rings (SSSR count). The number of hydrogen-bond acceptors (Lipinski definition) is 4. The molecule has 2 aromatic rings. The number of benzene rings is 1. The van der Waals surface area contributed by atoms with Gasteiger partial charge in [-0.25, -0.2) is 4.68 Å². The number of ether oxygens (including phenoxy) is 1. The number of para-hydroxylation sites is 1. The second-order valence-corrected chi connectivity index (χ2v) is 5.04. The van der Waals surface area contributed by atoms with Gasteiger partial charge in [0.15, 0.2) is 5.69 Å². The van der Waals surface area contributed by atoms with E-state index >= 15 is 0 Å². The van der Waals surface area contributed by atoms with Gasteiger partial charge in [-0.3, -0.25) is 4.79 Å². The Labute approximate surface area is 123 Å². The summed E-state index contributed by atoms with van der Waals surface area (Å²) >= 11 is 0. The van der Waals surface area contributed by atoms with Crippen molar-refractivity contribution in [2.24, 2.45) is 0 Å². The summed E-state index contributed by atoms with van der Waals surface area (Å²) in [5.41, 5.74) is 1.26. The van der Waals surface area contributed by atoms with Gasteiger partial charge in [-0.15, -0.1) is 5.10 Å². The highest BCUT2D eigenvalue weighted by Gasteiger charge is 2.25. The Hall–Kier alpha value is -2.21. The van der Waals surface area contributed by atoms with Gasteiger partial charge in [-0.1, -0.05) is 30.3 Å². The highest BCUT2D eigenvalue weighted by atomic mass is 16.5. The molecule has 1 aromatic heterocycles. The molecule has 0 bridgehead atoms. The van der Waals surface area contributed by atoms with E-state index in [0.29, 0.717) is 25.4 Å².